The van der Waals surface area contributed by atoms with Crippen LogP contribution >= 0.6 is 0 Å². The fraction of sp³-hybridized carbons (Fsp3) is 0.545. The Morgan fingerprint density at radius 3 is 2.43 bits per heavy atom. The molecule has 0 aliphatic rings. The lowest BCUT2D eigenvalue weighted by Gasteiger charge is -1.98. The summed E-state index contributed by atoms with van der Waals surface area (Å²) in [6, 6.07) is 0. The minimum atomic E-state index is -0.456. The van der Waals surface area contributed by atoms with Crippen molar-refractivity contribution in [1.82, 2.24) is 0 Å². The maximum absolute atomic E-state index is 10.9. The van der Waals surface area contributed by atoms with Gasteiger partial charge >= 0.3 is 5.97 Å². The third-order valence-corrected chi connectivity index (χ3v) is 1.62. The van der Waals surface area contributed by atoms with E-state index in [1.807, 2.05) is 6.92 Å². The molecule has 3 nitrogen and oxygen atoms in total. The highest BCUT2D eigenvalue weighted by atomic mass is 17.2. The van der Waals surface area contributed by atoms with Gasteiger partial charge in [0, 0.05) is 6.08 Å². The van der Waals surface area contributed by atoms with Gasteiger partial charge in [-0.2, -0.15) is 4.89 Å². The summed E-state index contributed by atoms with van der Waals surface area (Å²) in [6.45, 7) is 6.01. The van der Waals surface area contributed by atoms with Gasteiger partial charge in [0.1, 0.15) is 0 Å². The van der Waals surface area contributed by atoms with Crippen molar-refractivity contribution >= 4 is 5.97 Å². The summed E-state index contributed by atoms with van der Waals surface area (Å²) < 4.78 is 0. The van der Waals surface area contributed by atoms with Gasteiger partial charge in [0.2, 0.25) is 0 Å². The quantitative estimate of drug-likeness (QED) is 0.295. The number of carbonyl (C=O) groups excluding carboxylic acids is 1. The zero-order valence-corrected chi connectivity index (χ0v) is 9.29. The predicted molar refractivity (Wildman–Crippen MR) is 55.5 cm³/mol. The molecule has 0 bridgehead atoms. The van der Waals surface area contributed by atoms with Gasteiger partial charge in [-0.1, -0.05) is 17.2 Å². The van der Waals surface area contributed by atoms with Crippen LogP contribution in [0.5, 0.6) is 0 Å². The van der Waals surface area contributed by atoms with E-state index in [4.69, 9.17) is 0 Å². The van der Waals surface area contributed by atoms with Crippen molar-refractivity contribution in [3.63, 3.8) is 0 Å². The van der Waals surface area contributed by atoms with E-state index in [1.165, 1.54) is 18.8 Å². The highest BCUT2D eigenvalue weighted by Gasteiger charge is 1.98. The van der Waals surface area contributed by atoms with Crippen LogP contribution in [-0.2, 0) is 14.6 Å². The zero-order valence-electron chi connectivity index (χ0n) is 9.29. The van der Waals surface area contributed by atoms with Gasteiger partial charge in [-0.05, 0) is 33.6 Å². The van der Waals surface area contributed by atoms with E-state index in [-0.39, 0.29) is 0 Å². The zero-order chi connectivity index (χ0) is 11.0. The molecule has 0 rings (SSSR count). The van der Waals surface area contributed by atoms with Crippen LogP contribution in [-0.4, -0.2) is 13.1 Å². The van der Waals surface area contributed by atoms with Crippen molar-refractivity contribution in [3.8, 4) is 0 Å². The van der Waals surface area contributed by atoms with Gasteiger partial charge in [-0.3, -0.25) is 4.89 Å². The molecule has 0 aromatic rings. The molecule has 0 radical (unpaired) electrons. The van der Waals surface area contributed by atoms with Crippen molar-refractivity contribution < 1.29 is 14.6 Å². The molecule has 80 valence electrons. The van der Waals surface area contributed by atoms with Crippen LogP contribution in [0.3, 0.4) is 0 Å². The first kappa shape index (κ1) is 12.9. The number of hydrogen-bond donors (Lipinski definition) is 0. The minimum absolute atomic E-state index is 0.456. The van der Waals surface area contributed by atoms with Crippen molar-refractivity contribution in [2.45, 2.75) is 33.6 Å². The van der Waals surface area contributed by atoms with Crippen molar-refractivity contribution in [2.24, 2.45) is 0 Å². The van der Waals surface area contributed by atoms with E-state index < -0.39 is 5.97 Å². The normalized spacial score (nSPS) is 11.0. The van der Waals surface area contributed by atoms with Gasteiger partial charge in [-0.15, -0.1) is 0 Å². The lowest BCUT2D eigenvalue weighted by atomic mass is 10.1. The maximum Gasteiger partial charge on any atom is 0.365 e. The van der Waals surface area contributed by atoms with Gasteiger partial charge in [-0.25, -0.2) is 4.79 Å². The Morgan fingerprint density at radius 2 is 1.93 bits per heavy atom. The molecular formula is C11H18O3. The molecule has 3 heteroatoms. The smallest absolute Gasteiger partial charge is 0.294 e. The first-order chi connectivity index (χ1) is 6.56. The number of hydrogen-bond acceptors (Lipinski definition) is 3. The Balaban J connectivity index is 3.89. The standard InChI is InChI=1S/C11H18O3/c1-9(2)6-5-7-10(3)8-11(12)14-13-4/h6,8H,5,7H2,1-4H3/b10-8+. The molecule has 0 N–H and O–H groups in total. The lowest BCUT2D eigenvalue weighted by molar-refractivity contribution is -0.249. The van der Waals surface area contributed by atoms with E-state index in [0.29, 0.717) is 0 Å². The average molecular weight is 198 g/mol. The fourth-order valence-corrected chi connectivity index (χ4v) is 0.968. The van der Waals surface area contributed by atoms with Crippen LogP contribution in [0.25, 0.3) is 0 Å². The molecule has 0 saturated carbocycles. The second kappa shape index (κ2) is 7.33. The summed E-state index contributed by atoms with van der Waals surface area (Å²) in [7, 11) is 1.31. The van der Waals surface area contributed by atoms with Gasteiger partial charge < -0.3 is 0 Å². The van der Waals surface area contributed by atoms with Gasteiger partial charge in [0.15, 0.2) is 0 Å². The van der Waals surface area contributed by atoms with Crippen molar-refractivity contribution in [3.05, 3.63) is 23.3 Å². The molecule has 0 fully saturated rings. The van der Waals surface area contributed by atoms with E-state index >= 15 is 0 Å². The highest BCUT2D eigenvalue weighted by Crippen LogP contribution is 2.06. The van der Waals surface area contributed by atoms with Crippen LogP contribution in [0.15, 0.2) is 23.3 Å². The summed E-state index contributed by atoms with van der Waals surface area (Å²) >= 11 is 0. The molecule has 0 atom stereocenters. The summed E-state index contributed by atoms with van der Waals surface area (Å²) in [6.07, 6.45) is 5.40. The Morgan fingerprint density at radius 1 is 1.29 bits per heavy atom. The summed E-state index contributed by atoms with van der Waals surface area (Å²) in [5, 5.41) is 0. The lowest BCUT2D eigenvalue weighted by Crippen LogP contribution is -1.99. The fourth-order valence-electron chi connectivity index (χ4n) is 0.968. The monoisotopic (exact) mass is 198 g/mol. The summed E-state index contributed by atoms with van der Waals surface area (Å²) in [5.74, 6) is -0.456. The van der Waals surface area contributed by atoms with Crippen molar-refractivity contribution in [1.29, 1.82) is 0 Å². The van der Waals surface area contributed by atoms with Crippen molar-refractivity contribution in [2.75, 3.05) is 7.11 Å². The summed E-state index contributed by atoms with van der Waals surface area (Å²) in [5.41, 5.74) is 2.28. The topological polar surface area (TPSA) is 35.5 Å². The minimum Gasteiger partial charge on any atom is -0.294 e. The van der Waals surface area contributed by atoms with E-state index in [0.717, 1.165) is 18.4 Å². The average Bonchev–Trinajstić information content (AvgIpc) is 2.03. The molecule has 0 heterocycles. The second-order valence-corrected chi connectivity index (χ2v) is 3.38. The van der Waals surface area contributed by atoms with E-state index in [9.17, 15) is 4.79 Å². The molecule has 0 spiro atoms. The van der Waals surface area contributed by atoms with Crippen LogP contribution in [0.4, 0.5) is 0 Å². The van der Waals surface area contributed by atoms with E-state index in [2.05, 4.69) is 29.7 Å². The molecule has 0 aromatic carbocycles. The van der Waals surface area contributed by atoms with Crippen LogP contribution < -0.4 is 0 Å². The maximum atomic E-state index is 10.9. The molecule has 0 aromatic heterocycles. The number of allylic oxidation sites excluding steroid dienone is 3. The SMILES string of the molecule is COOC(=O)/C=C(\C)CCC=C(C)C. The molecule has 0 aliphatic heterocycles. The molecule has 14 heavy (non-hydrogen) atoms. The largest absolute Gasteiger partial charge is 0.365 e. The molecule has 0 unspecified atom stereocenters. The Hall–Kier alpha value is -1.09. The van der Waals surface area contributed by atoms with E-state index in [1.54, 1.807) is 0 Å². The molecule has 0 aliphatic carbocycles. The van der Waals surface area contributed by atoms with Gasteiger partial charge in [0.25, 0.3) is 0 Å². The first-order valence-electron chi connectivity index (χ1n) is 4.61. The molecular weight excluding hydrogens is 180 g/mol. The predicted octanol–water partition coefficient (Wildman–Crippen LogP) is 2.78. The molecule has 0 saturated heterocycles. The Kier molecular flexibility index (Phi) is 6.76. The first-order valence-corrected chi connectivity index (χ1v) is 4.61. The third kappa shape index (κ3) is 7.55. The highest BCUT2D eigenvalue weighted by molar-refractivity contribution is 5.82. The Labute approximate surface area is 85.3 Å². The van der Waals surface area contributed by atoms with Crippen LogP contribution in [0.2, 0.25) is 0 Å². The molecule has 0 amide bonds. The third-order valence-electron chi connectivity index (χ3n) is 1.62. The number of carbonyl (C=O) groups is 1. The number of rotatable bonds is 5. The van der Waals surface area contributed by atoms with Gasteiger partial charge in [0.05, 0.1) is 7.11 Å². The summed E-state index contributed by atoms with van der Waals surface area (Å²) in [4.78, 5) is 19.5. The van der Waals surface area contributed by atoms with Crippen LogP contribution in [0, 0.1) is 0 Å². The second-order valence-electron chi connectivity index (χ2n) is 3.38. The van der Waals surface area contributed by atoms with Crippen LogP contribution in [0.1, 0.15) is 33.6 Å². The Bertz CT molecular complexity index is 235.